The summed E-state index contributed by atoms with van der Waals surface area (Å²) < 4.78 is 13.9. The van der Waals surface area contributed by atoms with Crippen LogP contribution in [0.25, 0.3) is 6.08 Å². The van der Waals surface area contributed by atoms with E-state index in [1.165, 1.54) is 30.0 Å². The van der Waals surface area contributed by atoms with Gasteiger partial charge in [0.25, 0.3) is 5.91 Å². The molecule has 3 rings (SSSR count). The number of hydrazine groups is 1. The van der Waals surface area contributed by atoms with Crippen LogP contribution in [0.15, 0.2) is 28.1 Å². The molecule has 0 spiro atoms. The van der Waals surface area contributed by atoms with Crippen LogP contribution in [-0.4, -0.2) is 46.3 Å². The Bertz CT molecular complexity index is 836. The van der Waals surface area contributed by atoms with Crippen LogP contribution in [0, 0.1) is 5.82 Å². The molecule has 0 aromatic heterocycles. The van der Waals surface area contributed by atoms with E-state index in [1.807, 2.05) is 5.01 Å². The third-order valence-corrected chi connectivity index (χ3v) is 5.79. The van der Waals surface area contributed by atoms with Gasteiger partial charge in [0.15, 0.2) is 5.17 Å². The summed E-state index contributed by atoms with van der Waals surface area (Å²) in [4.78, 5) is 28.6. The fourth-order valence-electron chi connectivity index (χ4n) is 3.23. The first-order valence-corrected chi connectivity index (χ1v) is 10.0. The van der Waals surface area contributed by atoms with Crippen molar-refractivity contribution < 1.29 is 19.1 Å². The van der Waals surface area contributed by atoms with E-state index >= 15 is 0 Å². The minimum absolute atomic E-state index is 0.257. The van der Waals surface area contributed by atoms with Crippen LogP contribution in [0.2, 0.25) is 0 Å². The number of carbonyl (C=O) groups is 2. The number of hydrogen-bond acceptors (Lipinski definition) is 6. The molecule has 0 bridgehead atoms. The van der Waals surface area contributed by atoms with Gasteiger partial charge in [-0.15, -0.1) is 0 Å². The number of hydrogen-bond donors (Lipinski definition) is 3. The van der Waals surface area contributed by atoms with Crippen molar-refractivity contribution in [3.8, 4) is 0 Å². The Morgan fingerprint density at radius 1 is 1.50 bits per heavy atom. The van der Waals surface area contributed by atoms with Crippen molar-refractivity contribution in [2.24, 2.45) is 10.7 Å². The molecule has 1 amide bonds. The van der Waals surface area contributed by atoms with Crippen LogP contribution in [0.5, 0.6) is 0 Å². The highest BCUT2D eigenvalue weighted by Gasteiger charge is 2.30. The normalized spacial score (nSPS) is 21.0. The lowest BCUT2D eigenvalue weighted by Crippen LogP contribution is -2.45. The average Bonchev–Trinajstić information content (AvgIpc) is 3.04. The zero-order valence-electron chi connectivity index (χ0n) is 15.5. The number of amides is 1. The molecule has 1 aromatic rings. The van der Waals surface area contributed by atoms with E-state index in [1.54, 1.807) is 13.0 Å². The van der Waals surface area contributed by atoms with Crippen LogP contribution >= 0.6 is 11.8 Å². The number of aliphatic carboxylic acids is 1. The Morgan fingerprint density at radius 3 is 2.93 bits per heavy atom. The smallest absolute Gasteiger partial charge is 0.312 e. The molecule has 2 aliphatic rings. The van der Waals surface area contributed by atoms with Gasteiger partial charge in [-0.25, -0.2) is 9.82 Å². The predicted octanol–water partition coefficient (Wildman–Crippen LogP) is 2.30. The molecule has 2 aliphatic heterocycles. The number of amidine groups is 1. The van der Waals surface area contributed by atoms with Crippen LogP contribution in [0.1, 0.15) is 43.2 Å². The number of carboxylic acid groups (broad SMARTS) is 1. The molecular formula is C19H23FN4O3S. The molecule has 4 N–H and O–H groups in total. The van der Waals surface area contributed by atoms with Crippen molar-refractivity contribution >= 4 is 34.9 Å². The highest BCUT2D eigenvalue weighted by atomic mass is 32.2. The van der Waals surface area contributed by atoms with Gasteiger partial charge >= 0.3 is 5.97 Å². The van der Waals surface area contributed by atoms with Gasteiger partial charge in [-0.3, -0.25) is 14.6 Å². The standard InChI is InChI=1S/C19H23FN4O3S/c1-2-14(21)16(18(26)27)13-10-12(20)6-5-11(13)9-15-17(25)23-19(28-15)24-8-4-3-7-22-24/h5-6,9-10,14,16,22H,2-4,7-8,21H2,1H3,(H,26,27)/b15-9+. The molecule has 150 valence electrons. The lowest BCUT2D eigenvalue weighted by Gasteiger charge is -2.28. The lowest BCUT2D eigenvalue weighted by atomic mass is 9.87. The maximum atomic E-state index is 13.9. The number of rotatable bonds is 5. The number of carboxylic acids is 1. The summed E-state index contributed by atoms with van der Waals surface area (Å²) in [6.07, 6.45) is 4.07. The number of benzene rings is 1. The van der Waals surface area contributed by atoms with Crippen molar-refractivity contribution in [3.05, 3.63) is 40.0 Å². The monoisotopic (exact) mass is 406 g/mol. The fourth-order valence-corrected chi connectivity index (χ4v) is 4.14. The molecule has 7 nitrogen and oxygen atoms in total. The van der Waals surface area contributed by atoms with Crippen molar-refractivity contribution in [1.82, 2.24) is 10.4 Å². The zero-order chi connectivity index (χ0) is 20.3. The van der Waals surface area contributed by atoms with E-state index in [2.05, 4.69) is 10.4 Å². The number of carbonyl (C=O) groups excluding carboxylic acids is 1. The predicted molar refractivity (Wildman–Crippen MR) is 107 cm³/mol. The Hall–Kier alpha value is -2.23. The summed E-state index contributed by atoms with van der Waals surface area (Å²) >= 11 is 1.22. The first kappa shape index (κ1) is 20.5. The number of halogens is 1. The second-order valence-electron chi connectivity index (χ2n) is 6.74. The summed E-state index contributed by atoms with van der Waals surface area (Å²) in [5.74, 6) is -3.14. The van der Waals surface area contributed by atoms with E-state index in [-0.39, 0.29) is 5.56 Å². The van der Waals surface area contributed by atoms with E-state index in [4.69, 9.17) is 5.73 Å². The van der Waals surface area contributed by atoms with E-state index in [0.29, 0.717) is 22.1 Å². The molecule has 2 heterocycles. The van der Waals surface area contributed by atoms with Crippen LogP contribution in [0.3, 0.4) is 0 Å². The van der Waals surface area contributed by atoms with Crippen molar-refractivity contribution in [1.29, 1.82) is 0 Å². The van der Waals surface area contributed by atoms with Gasteiger partial charge in [-0.05, 0) is 60.4 Å². The summed E-state index contributed by atoms with van der Waals surface area (Å²) in [6, 6.07) is 3.22. The molecule has 0 radical (unpaired) electrons. The second-order valence-corrected chi connectivity index (χ2v) is 7.75. The summed E-state index contributed by atoms with van der Waals surface area (Å²) in [6.45, 7) is 3.37. The number of nitrogens with zero attached hydrogens (tertiary/aromatic N) is 2. The quantitative estimate of drug-likeness (QED) is 0.644. The third-order valence-electron chi connectivity index (χ3n) is 4.79. The van der Waals surface area contributed by atoms with Crippen molar-refractivity contribution in [3.63, 3.8) is 0 Å². The Kier molecular flexibility index (Phi) is 6.48. The number of thioether (sulfide) groups is 1. The molecule has 28 heavy (non-hydrogen) atoms. The molecule has 1 fully saturated rings. The van der Waals surface area contributed by atoms with Crippen LogP contribution in [0.4, 0.5) is 4.39 Å². The third kappa shape index (κ3) is 4.43. The minimum atomic E-state index is -1.13. The van der Waals surface area contributed by atoms with Gasteiger partial charge in [0.2, 0.25) is 0 Å². The van der Waals surface area contributed by atoms with Crippen molar-refractivity contribution in [2.75, 3.05) is 13.1 Å². The first-order valence-electron chi connectivity index (χ1n) is 9.22. The second kappa shape index (κ2) is 8.85. The molecule has 1 aromatic carbocycles. The molecule has 1 saturated heterocycles. The highest BCUT2D eigenvalue weighted by Crippen LogP contribution is 2.33. The molecular weight excluding hydrogens is 383 g/mol. The highest BCUT2D eigenvalue weighted by molar-refractivity contribution is 8.18. The summed E-state index contributed by atoms with van der Waals surface area (Å²) in [5.41, 5.74) is 9.90. The molecule has 0 saturated carbocycles. The topological polar surface area (TPSA) is 108 Å². The number of aliphatic imine (C=N–C) groups is 1. The average molecular weight is 406 g/mol. The Morgan fingerprint density at radius 2 is 2.29 bits per heavy atom. The largest absolute Gasteiger partial charge is 0.481 e. The Balaban J connectivity index is 1.92. The minimum Gasteiger partial charge on any atom is -0.481 e. The molecule has 2 unspecified atom stereocenters. The fraction of sp³-hybridized carbons (Fsp3) is 0.421. The first-order chi connectivity index (χ1) is 13.4. The van der Waals surface area contributed by atoms with Crippen LogP contribution < -0.4 is 11.2 Å². The maximum absolute atomic E-state index is 13.9. The van der Waals surface area contributed by atoms with Gasteiger partial charge in [0.05, 0.1) is 10.8 Å². The van der Waals surface area contributed by atoms with Gasteiger partial charge < -0.3 is 10.8 Å². The van der Waals surface area contributed by atoms with E-state index in [0.717, 1.165) is 25.9 Å². The number of nitrogens with two attached hydrogens (primary N) is 1. The molecule has 0 aliphatic carbocycles. The van der Waals surface area contributed by atoms with E-state index in [9.17, 15) is 19.1 Å². The zero-order valence-corrected chi connectivity index (χ0v) is 16.3. The summed E-state index contributed by atoms with van der Waals surface area (Å²) in [5, 5.41) is 12.1. The Labute approximate surface area is 166 Å². The maximum Gasteiger partial charge on any atom is 0.312 e. The molecule has 9 heteroatoms. The van der Waals surface area contributed by atoms with Gasteiger partial charge in [0.1, 0.15) is 5.82 Å². The summed E-state index contributed by atoms with van der Waals surface area (Å²) in [7, 11) is 0. The van der Waals surface area contributed by atoms with E-state index < -0.39 is 29.7 Å². The number of nitrogens with one attached hydrogen (secondary N) is 1. The van der Waals surface area contributed by atoms with Gasteiger partial charge in [-0.1, -0.05) is 13.0 Å². The van der Waals surface area contributed by atoms with Crippen molar-refractivity contribution in [2.45, 2.75) is 38.1 Å². The van der Waals surface area contributed by atoms with Gasteiger partial charge in [0, 0.05) is 19.1 Å². The SMILES string of the molecule is CCC(N)C(C(=O)O)c1cc(F)ccc1/C=C1/SC(N2CCCCN2)=NC1=O. The van der Waals surface area contributed by atoms with Gasteiger partial charge in [-0.2, -0.15) is 4.99 Å². The lowest BCUT2D eigenvalue weighted by molar-refractivity contribution is -0.139. The molecule has 2 atom stereocenters. The van der Waals surface area contributed by atoms with Crippen LogP contribution in [-0.2, 0) is 9.59 Å².